The summed E-state index contributed by atoms with van der Waals surface area (Å²) in [6, 6.07) is 0.884. The molecule has 0 spiro atoms. The summed E-state index contributed by atoms with van der Waals surface area (Å²) >= 11 is 0. The highest BCUT2D eigenvalue weighted by atomic mass is 16.4. The van der Waals surface area contributed by atoms with Gasteiger partial charge in [0.15, 0.2) is 0 Å². The van der Waals surface area contributed by atoms with E-state index < -0.39 is 0 Å². The maximum absolute atomic E-state index is 5.50. The fourth-order valence-corrected chi connectivity index (χ4v) is 1.92. The maximum Gasteiger partial charge on any atom is 0.315 e. The van der Waals surface area contributed by atoms with Crippen LogP contribution in [0.5, 0.6) is 0 Å². The average Bonchev–Trinajstić information content (AvgIpc) is 2.75. The Morgan fingerprint density at radius 1 is 1.18 bits per heavy atom. The van der Waals surface area contributed by atoms with Crippen LogP contribution in [0, 0.1) is 5.92 Å². The zero-order valence-corrected chi connectivity index (χ0v) is 11.3. The standard InChI is InChI=1S/C12H24N4O/c1-5-10(6-2)9(4)14-12-16-15-11(17-12)8-13-7-3/h9-10,13H,5-8H2,1-4H3,(H,14,16). The van der Waals surface area contributed by atoms with Crippen molar-refractivity contribution in [2.45, 2.75) is 53.1 Å². The summed E-state index contributed by atoms with van der Waals surface area (Å²) in [5.41, 5.74) is 0. The molecule has 98 valence electrons. The molecule has 1 rings (SSSR count). The summed E-state index contributed by atoms with van der Waals surface area (Å²) in [7, 11) is 0. The molecule has 0 amide bonds. The van der Waals surface area contributed by atoms with Crippen LogP contribution in [0.1, 0.15) is 46.4 Å². The van der Waals surface area contributed by atoms with E-state index >= 15 is 0 Å². The van der Waals surface area contributed by atoms with Crippen LogP contribution in [0.25, 0.3) is 0 Å². The first kappa shape index (κ1) is 14.0. The topological polar surface area (TPSA) is 63.0 Å². The molecule has 17 heavy (non-hydrogen) atoms. The molecule has 0 aliphatic carbocycles. The predicted molar refractivity (Wildman–Crippen MR) is 68.8 cm³/mol. The molecule has 0 aliphatic heterocycles. The van der Waals surface area contributed by atoms with E-state index in [1.165, 1.54) is 0 Å². The first-order valence-electron chi connectivity index (χ1n) is 6.50. The van der Waals surface area contributed by atoms with Gasteiger partial charge in [-0.1, -0.05) is 38.7 Å². The van der Waals surface area contributed by atoms with Crippen LogP contribution in [0.15, 0.2) is 4.42 Å². The van der Waals surface area contributed by atoms with Crippen molar-refractivity contribution in [2.24, 2.45) is 5.92 Å². The molecule has 1 unspecified atom stereocenters. The summed E-state index contributed by atoms with van der Waals surface area (Å²) in [5.74, 6) is 1.27. The number of aromatic nitrogens is 2. The molecule has 0 saturated carbocycles. The molecule has 5 nitrogen and oxygen atoms in total. The number of nitrogens with zero attached hydrogens (tertiary/aromatic N) is 2. The molecule has 0 bridgehead atoms. The Labute approximate surface area is 103 Å². The molecular weight excluding hydrogens is 216 g/mol. The molecule has 5 heteroatoms. The summed E-state index contributed by atoms with van der Waals surface area (Å²) in [5, 5.41) is 14.4. The van der Waals surface area contributed by atoms with Gasteiger partial charge < -0.3 is 15.1 Å². The Morgan fingerprint density at radius 2 is 1.88 bits per heavy atom. The molecule has 2 N–H and O–H groups in total. The zero-order chi connectivity index (χ0) is 12.7. The van der Waals surface area contributed by atoms with Crippen LogP contribution < -0.4 is 10.6 Å². The van der Waals surface area contributed by atoms with Gasteiger partial charge in [0, 0.05) is 6.04 Å². The molecule has 0 fully saturated rings. The minimum absolute atomic E-state index is 0.359. The van der Waals surface area contributed by atoms with Crippen molar-refractivity contribution in [3.63, 3.8) is 0 Å². The Balaban J connectivity index is 2.47. The van der Waals surface area contributed by atoms with Gasteiger partial charge in [-0.15, -0.1) is 5.10 Å². The molecule has 0 aromatic carbocycles. The Kier molecular flexibility index (Phi) is 5.97. The van der Waals surface area contributed by atoms with Gasteiger partial charge in [0.25, 0.3) is 0 Å². The third-order valence-electron chi connectivity index (χ3n) is 3.10. The number of nitrogens with one attached hydrogen (secondary N) is 2. The number of anilines is 1. The van der Waals surface area contributed by atoms with Gasteiger partial charge in [0.2, 0.25) is 5.89 Å². The lowest BCUT2D eigenvalue weighted by Gasteiger charge is -2.20. The first-order chi connectivity index (χ1) is 8.21. The predicted octanol–water partition coefficient (Wildman–Crippen LogP) is 2.42. The van der Waals surface area contributed by atoms with Gasteiger partial charge in [-0.05, 0) is 19.4 Å². The monoisotopic (exact) mass is 240 g/mol. The summed E-state index contributed by atoms with van der Waals surface area (Å²) in [6.45, 7) is 10.1. The normalized spacial score (nSPS) is 13.0. The number of rotatable bonds is 8. The largest absolute Gasteiger partial charge is 0.407 e. The van der Waals surface area contributed by atoms with Crippen molar-refractivity contribution in [1.29, 1.82) is 0 Å². The quantitative estimate of drug-likeness (QED) is 0.730. The molecule has 0 radical (unpaired) electrons. The van der Waals surface area contributed by atoms with E-state index in [1.807, 2.05) is 6.92 Å². The number of hydrogen-bond donors (Lipinski definition) is 2. The number of hydrogen-bond acceptors (Lipinski definition) is 5. The third-order valence-corrected chi connectivity index (χ3v) is 3.10. The fourth-order valence-electron chi connectivity index (χ4n) is 1.92. The molecule has 1 atom stereocenters. The summed E-state index contributed by atoms with van der Waals surface area (Å²) < 4.78 is 5.50. The van der Waals surface area contributed by atoms with E-state index in [0.29, 0.717) is 30.4 Å². The van der Waals surface area contributed by atoms with Gasteiger partial charge in [-0.25, -0.2) is 0 Å². The molecule has 1 heterocycles. The van der Waals surface area contributed by atoms with E-state index in [-0.39, 0.29) is 0 Å². The van der Waals surface area contributed by atoms with E-state index in [2.05, 4.69) is 41.6 Å². The first-order valence-corrected chi connectivity index (χ1v) is 6.50. The van der Waals surface area contributed by atoms with Gasteiger partial charge >= 0.3 is 6.01 Å². The molecule has 1 aromatic heterocycles. The summed E-state index contributed by atoms with van der Waals surface area (Å²) in [4.78, 5) is 0. The Bertz CT molecular complexity index is 309. The second kappa shape index (κ2) is 7.27. The van der Waals surface area contributed by atoms with Gasteiger partial charge in [-0.3, -0.25) is 0 Å². The van der Waals surface area contributed by atoms with Crippen LogP contribution in [-0.2, 0) is 6.54 Å². The second-order valence-corrected chi connectivity index (χ2v) is 4.29. The molecular formula is C12H24N4O. The van der Waals surface area contributed by atoms with Crippen molar-refractivity contribution in [3.05, 3.63) is 5.89 Å². The second-order valence-electron chi connectivity index (χ2n) is 4.29. The van der Waals surface area contributed by atoms with Crippen molar-refractivity contribution in [3.8, 4) is 0 Å². The lowest BCUT2D eigenvalue weighted by molar-refractivity contribution is 0.419. The van der Waals surface area contributed by atoms with Crippen LogP contribution in [0.2, 0.25) is 0 Å². The van der Waals surface area contributed by atoms with Crippen LogP contribution in [0.4, 0.5) is 6.01 Å². The van der Waals surface area contributed by atoms with Crippen LogP contribution in [0.3, 0.4) is 0 Å². The van der Waals surface area contributed by atoms with Crippen molar-refractivity contribution in [1.82, 2.24) is 15.5 Å². The maximum atomic E-state index is 5.50. The smallest absolute Gasteiger partial charge is 0.315 e. The van der Waals surface area contributed by atoms with Crippen LogP contribution in [-0.4, -0.2) is 22.8 Å². The molecule has 0 aliphatic rings. The third kappa shape index (κ3) is 4.34. The van der Waals surface area contributed by atoms with E-state index in [4.69, 9.17) is 4.42 Å². The van der Waals surface area contributed by atoms with Crippen molar-refractivity contribution in [2.75, 3.05) is 11.9 Å². The lowest BCUT2D eigenvalue weighted by Crippen LogP contribution is -2.25. The Hall–Kier alpha value is -1.10. The highest BCUT2D eigenvalue weighted by molar-refractivity contribution is 5.19. The average molecular weight is 240 g/mol. The van der Waals surface area contributed by atoms with Crippen molar-refractivity contribution < 1.29 is 4.42 Å². The van der Waals surface area contributed by atoms with Gasteiger partial charge in [0.1, 0.15) is 0 Å². The summed E-state index contributed by atoms with van der Waals surface area (Å²) in [6.07, 6.45) is 2.31. The van der Waals surface area contributed by atoms with E-state index in [0.717, 1.165) is 19.4 Å². The molecule has 0 saturated heterocycles. The van der Waals surface area contributed by atoms with Crippen LogP contribution >= 0.6 is 0 Å². The molecule has 1 aromatic rings. The highest BCUT2D eigenvalue weighted by Gasteiger charge is 2.15. The van der Waals surface area contributed by atoms with E-state index in [1.54, 1.807) is 0 Å². The zero-order valence-electron chi connectivity index (χ0n) is 11.3. The van der Waals surface area contributed by atoms with Gasteiger partial charge in [0.05, 0.1) is 6.54 Å². The van der Waals surface area contributed by atoms with E-state index in [9.17, 15) is 0 Å². The van der Waals surface area contributed by atoms with Gasteiger partial charge in [-0.2, -0.15) is 0 Å². The lowest BCUT2D eigenvalue weighted by atomic mass is 9.96. The minimum atomic E-state index is 0.359. The Morgan fingerprint density at radius 3 is 2.47 bits per heavy atom. The minimum Gasteiger partial charge on any atom is -0.407 e. The SMILES string of the molecule is CCNCc1nnc(NC(C)C(CC)CC)o1. The highest BCUT2D eigenvalue weighted by Crippen LogP contribution is 2.17. The van der Waals surface area contributed by atoms with Crippen molar-refractivity contribution >= 4 is 6.01 Å². The fraction of sp³-hybridized carbons (Fsp3) is 0.833.